The Balaban J connectivity index is 1.70. The van der Waals surface area contributed by atoms with Gasteiger partial charge in [0.15, 0.2) is 11.6 Å². The molecule has 0 radical (unpaired) electrons. The highest BCUT2D eigenvalue weighted by Crippen LogP contribution is 2.32. The van der Waals surface area contributed by atoms with E-state index in [1.807, 2.05) is 0 Å². The Bertz CT molecular complexity index is 919. The first kappa shape index (κ1) is 23.0. The SMILES string of the molecule is C=C(CCNC(=O)c1cnc(C(F)(F)F)s1)NC(=O)COc1ccc(Cl)c(Cl)c1. The van der Waals surface area contributed by atoms with E-state index in [0.29, 0.717) is 16.5 Å². The third-order valence-corrected chi connectivity index (χ3v) is 5.04. The number of rotatable bonds is 8. The lowest BCUT2D eigenvalue weighted by Crippen LogP contribution is -2.30. The fraction of sp³-hybridized carbons (Fsp3) is 0.235. The van der Waals surface area contributed by atoms with Gasteiger partial charge in [-0.15, -0.1) is 11.3 Å². The number of nitrogens with zero attached hydrogens (tertiary/aromatic N) is 1. The van der Waals surface area contributed by atoms with Crippen molar-refractivity contribution in [3.05, 3.63) is 56.6 Å². The van der Waals surface area contributed by atoms with Gasteiger partial charge < -0.3 is 15.4 Å². The second-order valence-corrected chi connectivity index (χ2v) is 7.39. The summed E-state index contributed by atoms with van der Waals surface area (Å²) < 4.78 is 42.8. The number of aromatic nitrogens is 1. The fourth-order valence-corrected chi connectivity index (χ4v) is 2.92. The molecule has 0 atom stereocenters. The van der Waals surface area contributed by atoms with Crippen LogP contribution in [0.4, 0.5) is 13.2 Å². The Morgan fingerprint density at radius 2 is 1.97 bits per heavy atom. The van der Waals surface area contributed by atoms with Crippen LogP contribution in [-0.4, -0.2) is 29.9 Å². The van der Waals surface area contributed by atoms with Gasteiger partial charge in [0.2, 0.25) is 0 Å². The van der Waals surface area contributed by atoms with Crippen molar-refractivity contribution in [1.29, 1.82) is 0 Å². The van der Waals surface area contributed by atoms with Crippen molar-refractivity contribution >= 4 is 46.4 Å². The van der Waals surface area contributed by atoms with Gasteiger partial charge in [-0.2, -0.15) is 13.2 Å². The Hall–Kier alpha value is -2.30. The Morgan fingerprint density at radius 3 is 2.59 bits per heavy atom. The third-order valence-electron chi connectivity index (χ3n) is 3.26. The number of carbonyl (C=O) groups excluding carboxylic acids is 2. The zero-order valence-electron chi connectivity index (χ0n) is 14.6. The highest BCUT2D eigenvalue weighted by atomic mass is 35.5. The molecule has 0 bridgehead atoms. The molecule has 2 rings (SSSR count). The van der Waals surface area contributed by atoms with Gasteiger partial charge in [0.1, 0.15) is 10.6 Å². The van der Waals surface area contributed by atoms with Gasteiger partial charge in [-0.3, -0.25) is 9.59 Å². The lowest BCUT2D eigenvalue weighted by molar-refractivity contribution is -0.137. The Labute approximate surface area is 177 Å². The number of halogens is 5. The number of carbonyl (C=O) groups is 2. The van der Waals surface area contributed by atoms with E-state index in [4.69, 9.17) is 27.9 Å². The highest BCUT2D eigenvalue weighted by Gasteiger charge is 2.35. The Kier molecular flexibility index (Phi) is 7.88. The largest absolute Gasteiger partial charge is 0.484 e. The van der Waals surface area contributed by atoms with Crippen molar-refractivity contribution in [1.82, 2.24) is 15.6 Å². The van der Waals surface area contributed by atoms with Crippen LogP contribution in [0.5, 0.6) is 5.75 Å². The van der Waals surface area contributed by atoms with E-state index >= 15 is 0 Å². The van der Waals surface area contributed by atoms with Gasteiger partial charge in [-0.25, -0.2) is 4.98 Å². The predicted molar refractivity (Wildman–Crippen MR) is 103 cm³/mol. The molecule has 12 heteroatoms. The quantitative estimate of drug-likeness (QED) is 0.606. The van der Waals surface area contributed by atoms with Crippen LogP contribution < -0.4 is 15.4 Å². The maximum absolute atomic E-state index is 12.5. The molecule has 6 nitrogen and oxygen atoms in total. The van der Waals surface area contributed by atoms with Crippen LogP contribution in [0.15, 0.2) is 36.7 Å². The van der Waals surface area contributed by atoms with Crippen molar-refractivity contribution in [2.45, 2.75) is 12.6 Å². The molecule has 1 aromatic heterocycles. The zero-order valence-corrected chi connectivity index (χ0v) is 16.9. The van der Waals surface area contributed by atoms with Gasteiger partial charge in [0, 0.05) is 24.7 Å². The standard InChI is InChI=1S/C17H14Cl2F3N3O3S/c1-9(25-14(26)8-28-10-2-3-11(18)12(19)6-10)4-5-23-15(27)13-7-24-16(29-13)17(20,21)22/h2-3,6-7H,1,4-5,8H2,(H,23,27)(H,25,26). The van der Waals surface area contributed by atoms with E-state index in [9.17, 15) is 22.8 Å². The van der Waals surface area contributed by atoms with Crippen molar-refractivity contribution < 1.29 is 27.5 Å². The average Bonchev–Trinajstić information content (AvgIpc) is 3.13. The maximum Gasteiger partial charge on any atom is 0.443 e. The van der Waals surface area contributed by atoms with Gasteiger partial charge in [-0.1, -0.05) is 29.8 Å². The first-order valence-corrected chi connectivity index (χ1v) is 9.50. The summed E-state index contributed by atoms with van der Waals surface area (Å²) in [5, 5.41) is 4.46. The Morgan fingerprint density at radius 1 is 1.24 bits per heavy atom. The van der Waals surface area contributed by atoms with Crippen molar-refractivity contribution in [3.8, 4) is 5.75 Å². The molecule has 0 saturated heterocycles. The minimum atomic E-state index is -4.60. The number of amides is 2. The van der Waals surface area contributed by atoms with Crippen LogP contribution in [-0.2, 0) is 11.0 Å². The monoisotopic (exact) mass is 467 g/mol. The summed E-state index contributed by atoms with van der Waals surface area (Å²) >= 11 is 11.9. The fourth-order valence-electron chi connectivity index (χ4n) is 1.94. The van der Waals surface area contributed by atoms with Crippen LogP contribution in [0.1, 0.15) is 21.1 Å². The molecule has 1 heterocycles. The summed E-state index contributed by atoms with van der Waals surface area (Å²) in [5.41, 5.74) is 0.299. The molecule has 156 valence electrons. The first-order chi connectivity index (χ1) is 13.6. The highest BCUT2D eigenvalue weighted by molar-refractivity contribution is 7.13. The average molecular weight is 468 g/mol. The third kappa shape index (κ3) is 7.22. The molecule has 0 aliphatic carbocycles. The summed E-state index contributed by atoms with van der Waals surface area (Å²) in [6.07, 6.45) is -3.56. The van der Waals surface area contributed by atoms with E-state index < -0.39 is 23.0 Å². The summed E-state index contributed by atoms with van der Waals surface area (Å²) in [6.45, 7) is 3.40. The van der Waals surface area contributed by atoms with E-state index in [2.05, 4.69) is 22.2 Å². The van der Waals surface area contributed by atoms with Crippen molar-refractivity contribution in [3.63, 3.8) is 0 Å². The summed E-state index contributed by atoms with van der Waals surface area (Å²) in [6, 6.07) is 4.54. The normalized spacial score (nSPS) is 11.1. The van der Waals surface area contributed by atoms with Crippen LogP contribution in [0.3, 0.4) is 0 Å². The molecule has 0 spiro atoms. The van der Waals surface area contributed by atoms with Gasteiger partial charge in [-0.05, 0) is 12.1 Å². The minimum absolute atomic E-state index is 0.0604. The maximum atomic E-state index is 12.5. The van der Waals surface area contributed by atoms with Crippen LogP contribution in [0.2, 0.25) is 10.0 Å². The molecule has 2 aromatic rings. The molecule has 0 aliphatic rings. The van der Waals surface area contributed by atoms with Gasteiger partial charge >= 0.3 is 6.18 Å². The molecule has 1 aromatic carbocycles. The number of benzene rings is 1. The van der Waals surface area contributed by atoms with Crippen LogP contribution >= 0.6 is 34.5 Å². The molecule has 0 saturated carbocycles. The smallest absolute Gasteiger partial charge is 0.443 e. The second-order valence-electron chi connectivity index (χ2n) is 5.55. The van der Waals surface area contributed by atoms with E-state index in [1.54, 1.807) is 6.07 Å². The summed E-state index contributed by atoms with van der Waals surface area (Å²) in [5.74, 6) is -0.819. The number of hydrogen-bond donors (Lipinski definition) is 2. The minimum Gasteiger partial charge on any atom is -0.484 e. The second kappa shape index (κ2) is 9.95. The first-order valence-electron chi connectivity index (χ1n) is 7.93. The van der Waals surface area contributed by atoms with Gasteiger partial charge in [0.25, 0.3) is 11.8 Å². The molecular weight excluding hydrogens is 454 g/mol. The van der Waals surface area contributed by atoms with Gasteiger partial charge in [0.05, 0.1) is 16.2 Å². The van der Waals surface area contributed by atoms with Crippen molar-refractivity contribution in [2.75, 3.05) is 13.2 Å². The molecule has 0 unspecified atom stereocenters. The number of ether oxygens (including phenoxy) is 1. The summed E-state index contributed by atoms with van der Waals surface area (Å²) in [7, 11) is 0. The zero-order chi connectivity index (χ0) is 21.6. The molecule has 2 amide bonds. The molecule has 2 N–H and O–H groups in total. The number of thiazole rings is 1. The number of alkyl halides is 3. The van der Waals surface area contributed by atoms with Crippen molar-refractivity contribution in [2.24, 2.45) is 0 Å². The lowest BCUT2D eigenvalue weighted by atomic mass is 10.3. The molecule has 29 heavy (non-hydrogen) atoms. The number of nitrogens with one attached hydrogen (secondary N) is 2. The predicted octanol–water partition coefficient (Wildman–Crippen LogP) is 4.30. The van der Waals surface area contributed by atoms with Crippen LogP contribution in [0.25, 0.3) is 0 Å². The lowest BCUT2D eigenvalue weighted by Gasteiger charge is -2.10. The van der Waals surface area contributed by atoms with Crippen LogP contribution in [0, 0.1) is 0 Å². The molecule has 0 aliphatic heterocycles. The van der Waals surface area contributed by atoms with E-state index in [0.717, 1.165) is 6.20 Å². The topological polar surface area (TPSA) is 80.3 Å². The molecule has 0 fully saturated rings. The molecular formula is C17H14Cl2F3N3O3S. The van der Waals surface area contributed by atoms with E-state index in [1.165, 1.54) is 12.1 Å². The summed E-state index contributed by atoms with van der Waals surface area (Å²) in [4.78, 5) is 26.7. The number of hydrogen-bond acceptors (Lipinski definition) is 5. The van der Waals surface area contributed by atoms with E-state index in [-0.39, 0.29) is 40.8 Å².